The summed E-state index contributed by atoms with van der Waals surface area (Å²) in [6.07, 6.45) is 0. The second-order valence-corrected chi connectivity index (χ2v) is 5.39. The second kappa shape index (κ2) is 6.86. The van der Waals surface area contributed by atoms with Gasteiger partial charge in [-0.25, -0.2) is 0 Å². The van der Waals surface area contributed by atoms with Crippen molar-refractivity contribution in [3.8, 4) is 0 Å². The number of likely N-dealkylation sites (N-methyl/N-ethyl adjacent to an activating group) is 1. The molecule has 0 bridgehead atoms. The largest absolute Gasteiger partial charge is 0.379 e. The third-order valence-corrected chi connectivity index (χ3v) is 3.90. The lowest BCUT2D eigenvalue weighted by Crippen LogP contribution is -2.44. The lowest BCUT2D eigenvalue weighted by molar-refractivity contribution is -0.126. The van der Waals surface area contributed by atoms with Crippen LogP contribution in [-0.2, 0) is 9.53 Å². The number of aryl methyl sites for hydroxylation is 1. The monoisotopic (exact) mass is 276 g/mol. The highest BCUT2D eigenvalue weighted by Gasteiger charge is 2.34. The smallest absolute Gasteiger partial charge is 0.227 e. The van der Waals surface area contributed by atoms with Crippen LogP contribution in [0.15, 0.2) is 24.3 Å². The molecular formula is C16H24N2O2. The molecule has 20 heavy (non-hydrogen) atoms. The Morgan fingerprint density at radius 1 is 1.40 bits per heavy atom. The van der Waals surface area contributed by atoms with E-state index in [4.69, 9.17) is 4.74 Å². The van der Waals surface area contributed by atoms with Crippen molar-refractivity contribution in [1.29, 1.82) is 0 Å². The first-order valence-electron chi connectivity index (χ1n) is 7.30. The van der Waals surface area contributed by atoms with Crippen LogP contribution >= 0.6 is 0 Å². The molecule has 0 aliphatic carbocycles. The van der Waals surface area contributed by atoms with E-state index in [9.17, 15) is 4.79 Å². The second-order valence-electron chi connectivity index (χ2n) is 5.39. The molecule has 4 nitrogen and oxygen atoms in total. The number of amides is 1. The van der Waals surface area contributed by atoms with Gasteiger partial charge >= 0.3 is 0 Å². The fourth-order valence-electron chi connectivity index (χ4n) is 2.75. The van der Waals surface area contributed by atoms with Crippen LogP contribution in [0.25, 0.3) is 0 Å². The van der Waals surface area contributed by atoms with Crippen LogP contribution in [0.3, 0.4) is 0 Å². The maximum atomic E-state index is 12.4. The van der Waals surface area contributed by atoms with Gasteiger partial charge in [-0.2, -0.15) is 0 Å². The summed E-state index contributed by atoms with van der Waals surface area (Å²) in [5, 5.41) is 6.42. The molecule has 1 aliphatic heterocycles. The van der Waals surface area contributed by atoms with Crippen molar-refractivity contribution in [3.05, 3.63) is 35.4 Å². The van der Waals surface area contributed by atoms with E-state index in [2.05, 4.69) is 29.7 Å². The average molecular weight is 276 g/mol. The van der Waals surface area contributed by atoms with Crippen molar-refractivity contribution in [2.75, 3.05) is 19.8 Å². The average Bonchev–Trinajstić information content (AvgIpc) is 2.88. The lowest BCUT2D eigenvalue weighted by Gasteiger charge is -2.22. The Bertz CT molecular complexity index is 462. The van der Waals surface area contributed by atoms with Gasteiger partial charge in [-0.05, 0) is 31.5 Å². The molecule has 3 atom stereocenters. The Balaban J connectivity index is 1.99. The minimum absolute atomic E-state index is 0.0200. The van der Waals surface area contributed by atoms with Gasteiger partial charge in [0.1, 0.15) is 0 Å². The van der Waals surface area contributed by atoms with E-state index >= 15 is 0 Å². The SMILES string of the molecule is CCNC1COCC1C(=O)N[C@@H](C)c1ccccc1C. The fraction of sp³-hybridized carbons (Fsp3) is 0.562. The lowest BCUT2D eigenvalue weighted by atomic mass is 9.99. The van der Waals surface area contributed by atoms with E-state index in [1.165, 1.54) is 11.1 Å². The Labute approximate surface area is 120 Å². The third kappa shape index (κ3) is 3.38. The van der Waals surface area contributed by atoms with Gasteiger partial charge < -0.3 is 15.4 Å². The molecule has 0 aromatic heterocycles. The van der Waals surface area contributed by atoms with Crippen LogP contribution in [0.5, 0.6) is 0 Å². The van der Waals surface area contributed by atoms with E-state index in [1.807, 2.05) is 26.0 Å². The van der Waals surface area contributed by atoms with E-state index < -0.39 is 0 Å². The highest BCUT2D eigenvalue weighted by Crippen LogP contribution is 2.19. The molecular weight excluding hydrogens is 252 g/mol. The number of carbonyl (C=O) groups is 1. The molecule has 2 unspecified atom stereocenters. The summed E-state index contributed by atoms with van der Waals surface area (Å²) in [6, 6.07) is 8.30. The molecule has 1 fully saturated rings. The molecule has 0 radical (unpaired) electrons. The number of ether oxygens (including phenoxy) is 1. The Kier molecular flexibility index (Phi) is 5.15. The number of benzene rings is 1. The fourth-order valence-corrected chi connectivity index (χ4v) is 2.75. The molecule has 1 heterocycles. The number of rotatable bonds is 5. The van der Waals surface area contributed by atoms with Gasteiger partial charge in [0.2, 0.25) is 5.91 Å². The molecule has 1 aliphatic rings. The van der Waals surface area contributed by atoms with Gasteiger partial charge in [0.05, 0.1) is 25.2 Å². The number of carbonyl (C=O) groups excluding carboxylic acids is 1. The predicted molar refractivity (Wildman–Crippen MR) is 79.5 cm³/mol. The summed E-state index contributed by atoms with van der Waals surface area (Å²) in [6.45, 7) is 8.11. The molecule has 1 saturated heterocycles. The first-order chi connectivity index (χ1) is 9.63. The number of hydrogen-bond donors (Lipinski definition) is 2. The normalized spacial score (nSPS) is 23.6. The van der Waals surface area contributed by atoms with Gasteiger partial charge in [-0.1, -0.05) is 31.2 Å². The number of nitrogens with one attached hydrogen (secondary N) is 2. The maximum Gasteiger partial charge on any atom is 0.227 e. The molecule has 2 N–H and O–H groups in total. The highest BCUT2D eigenvalue weighted by molar-refractivity contribution is 5.80. The Hall–Kier alpha value is -1.39. The van der Waals surface area contributed by atoms with Crippen LogP contribution in [-0.4, -0.2) is 31.7 Å². The van der Waals surface area contributed by atoms with E-state index in [1.54, 1.807) is 0 Å². The molecule has 2 rings (SSSR count). The van der Waals surface area contributed by atoms with E-state index in [-0.39, 0.29) is 23.9 Å². The van der Waals surface area contributed by atoms with E-state index in [0.717, 1.165) is 6.54 Å². The van der Waals surface area contributed by atoms with Crippen molar-refractivity contribution in [3.63, 3.8) is 0 Å². The van der Waals surface area contributed by atoms with Crippen LogP contribution in [0, 0.1) is 12.8 Å². The quantitative estimate of drug-likeness (QED) is 0.862. The topological polar surface area (TPSA) is 50.4 Å². The summed E-state index contributed by atoms with van der Waals surface area (Å²) in [5.74, 6) is -0.0226. The minimum Gasteiger partial charge on any atom is -0.379 e. The van der Waals surface area contributed by atoms with Crippen molar-refractivity contribution in [2.24, 2.45) is 5.92 Å². The molecule has 0 saturated carbocycles. The van der Waals surface area contributed by atoms with Crippen LogP contribution in [0.2, 0.25) is 0 Å². The zero-order chi connectivity index (χ0) is 14.5. The molecule has 1 aromatic carbocycles. The molecule has 0 spiro atoms. The van der Waals surface area contributed by atoms with Gasteiger partial charge in [0.25, 0.3) is 0 Å². The molecule has 110 valence electrons. The molecule has 4 heteroatoms. The zero-order valence-corrected chi connectivity index (χ0v) is 12.5. The van der Waals surface area contributed by atoms with Gasteiger partial charge in [0.15, 0.2) is 0 Å². The molecule has 1 aromatic rings. The highest BCUT2D eigenvalue weighted by atomic mass is 16.5. The Morgan fingerprint density at radius 3 is 2.85 bits per heavy atom. The maximum absolute atomic E-state index is 12.4. The predicted octanol–water partition coefficient (Wildman–Crippen LogP) is 1.80. The van der Waals surface area contributed by atoms with Crippen molar-refractivity contribution in [2.45, 2.75) is 32.9 Å². The summed E-state index contributed by atoms with van der Waals surface area (Å²) < 4.78 is 5.43. The van der Waals surface area contributed by atoms with Gasteiger partial charge in [0, 0.05) is 6.04 Å². The van der Waals surface area contributed by atoms with Crippen LogP contribution in [0.4, 0.5) is 0 Å². The van der Waals surface area contributed by atoms with Crippen molar-refractivity contribution in [1.82, 2.24) is 10.6 Å². The van der Waals surface area contributed by atoms with Gasteiger partial charge in [-0.15, -0.1) is 0 Å². The summed E-state index contributed by atoms with van der Waals surface area (Å²) in [7, 11) is 0. The zero-order valence-electron chi connectivity index (χ0n) is 12.5. The first-order valence-corrected chi connectivity index (χ1v) is 7.30. The summed E-state index contributed by atoms with van der Waals surface area (Å²) >= 11 is 0. The third-order valence-electron chi connectivity index (χ3n) is 3.90. The van der Waals surface area contributed by atoms with Crippen molar-refractivity contribution < 1.29 is 9.53 Å². The van der Waals surface area contributed by atoms with E-state index in [0.29, 0.717) is 13.2 Å². The molecule has 1 amide bonds. The standard InChI is InChI=1S/C16H24N2O2/c1-4-17-15-10-20-9-14(15)16(19)18-12(3)13-8-6-5-7-11(13)2/h5-8,12,14-15,17H,4,9-10H2,1-3H3,(H,18,19)/t12-,14?,15?/m0/s1. The summed E-state index contributed by atoms with van der Waals surface area (Å²) in [5.41, 5.74) is 2.37. The van der Waals surface area contributed by atoms with Crippen LogP contribution < -0.4 is 10.6 Å². The summed E-state index contributed by atoms with van der Waals surface area (Å²) in [4.78, 5) is 12.4. The Morgan fingerprint density at radius 2 is 2.15 bits per heavy atom. The van der Waals surface area contributed by atoms with Crippen molar-refractivity contribution >= 4 is 5.91 Å². The van der Waals surface area contributed by atoms with Gasteiger partial charge in [-0.3, -0.25) is 4.79 Å². The first kappa shape index (κ1) is 15.0. The van der Waals surface area contributed by atoms with Crippen LogP contribution in [0.1, 0.15) is 31.0 Å². The number of hydrogen-bond acceptors (Lipinski definition) is 3. The minimum atomic E-state index is -0.0959.